The van der Waals surface area contributed by atoms with Crippen LogP contribution >= 0.6 is 0 Å². The van der Waals surface area contributed by atoms with Gasteiger partial charge in [-0.25, -0.2) is 0 Å². The van der Waals surface area contributed by atoms with Gasteiger partial charge in [-0.1, -0.05) is 5.16 Å². The first-order valence-electron chi connectivity index (χ1n) is 7.06. The molecule has 7 heteroatoms. The van der Waals surface area contributed by atoms with E-state index in [2.05, 4.69) is 19.9 Å². The number of hydrogen-bond donors (Lipinski definition) is 0. The van der Waals surface area contributed by atoms with Crippen LogP contribution < -0.4 is 0 Å². The summed E-state index contributed by atoms with van der Waals surface area (Å²) in [4.78, 5) is 9.14. The third kappa shape index (κ3) is 4.82. The maximum atomic E-state index is 5.26. The molecule has 0 N–H and O–H groups in total. The topological polar surface area (TPSA) is 63.9 Å². The number of hydrogen-bond acceptors (Lipinski definition) is 7. The van der Waals surface area contributed by atoms with E-state index in [1.54, 1.807) is 14.2 Å². The van der Waals surface area contributed by atoms with Gasteiger partial charge in [0.2, 0.25) is 5.89 Å². The second-order valence-corrected chi connectivity index (χ2v) is 4.96. The molecule has 1 aromatic rings. The van der Waals surface area contributed by atoms with Gasteiger partial charge in [-0.05, 0) is 0 Å². The van der Waals surface area contributed by atoms with Gasteiger partial charge in [0, 0.05) is 53.4 Å². The van der Waals surface area contributed by atoms with Crippen molar-refractivity contribution in [1.82, 2.24) is 19.9 Å². The Kier molecular flexibility index (Phi) is 6.38. The molecule has 2 rings (SSSR count). The van der Waals surface area contributed by atoms with Crippen molar-refractivity contribution in [2.45, 2.75) is 13.0 Å². The van der Waals surface area contributed by atoms with Gasteiger partial charge in [0.25, 0.3) is 0 Å². The number of rotatable bonds is 8. The Morgan fingerprint density at radius 2 is 1.75 bits per heavy atom. The van der Waals surface area contributed by atoms with Crippen molar-refractivity contribution in [3.05, 3.63) is 11.7 Å². The van der Waals surface area contributed by atoms with Crippen LogP contribution in [0.25, 0.3) is 0 Å². The molecule has 1 aliphatic heterocycles. The van der Waals surface area contributed by atoms with Crippen LogP contribution in [0, 0.1) is 0 Å². The van der Waals surface area contributed by atoms with E-state index < -0.39 is 0 Å². The predicted molar refractivity (Wildman–Crippen MR) is 73.5 cm³/mol. The number of piperazine rings is 1. The Bertz CT molecular complexity index is 377. The summed E-state index contributed by atoms with van der Waals surface area (Å²) in [6, 6.07) is 0. The fourth-order valence-corrected chi connectivity index (χ4v) is 2.23. The molecule has 1 aromatic heterocycles. The zero-order chi connectivity index (χ0) is 14.2. The van der Waals surface area contributed by atoms with Crippen LogP contribution in [-0.2, 0) is 22.4 Å². The summed E-state index contributed by atoms with van der Waals surface area (Å²) in [5.74, 6) is 1.42. The summed E-state index contributed by atoms with van der Waals surface area (Å²) in [6.45, 7) is 7.34. The molecule has 20 heavy (non-hydrogen) atoms. The lowest BCUT2D eigenvalue weighted by molar-refractivity contribution is 0.0883. The zero-order valence-corrected chi connectivity index (χ0v) is 12.4. The summed E-state index contributed by atoms with van der Waals surface area (Å²) in [7, 11) is 3.41. The molecular formula is C13H24N4O3. The summed E-state index contributed by atoms with van der Waals surface area (Å²) in [5, 5.41) is 3.95. The van der Waals surface area contributed by atoms with Crippen LogP contribution in [0.5, 0.6) is 0 Å². The third-order valence-electron chi connectivity index (χ3n) is 3.48. The first-order valence-corrected chi connectivity index (χ1v) is 7.06. The quantitative estimate of drug-likeness (QED) is 0.667. The Balaban J connectivity index is 1.70. The number of aromatic nitrogens is 2. The highest BCUT2D eigenvalue weighted by atomic mass is 16.5. The first-order chi connectivity index (χ1) is 9.81. The summed E-state index contributed by atoms with van der Waals surface area (Å²) in [6.07, 6.45) is 0.699. The van der Waals surface area contributed by atoms with Crippen molar-refractivity contribution in [3.63, 3.8) is 0 Å². The molecule has 0 unspecified atom stereocenters. The molecular weight excluding hydrogens is 260 g/mol. The summed E-state index contributed by atoms with van der Waals surface area (Å²) < 4.78 is 15.4. The van der Waals surface area contributed by atoms with Crippen molar-refractivity contribution >= 4 is 0 Å². The highest BCUT2D eigenvalue weighted by Crippen LogP contribution is 2.07. The van der Waals surface area contributed by atoms with Crippen LogP contribution in [0.4, 0.5) is 0 Å². The highest BCUT2D eigenvalue weighted by molar-refractivity contribution is 4.87. The zero-order valence-electron chi connectivity index (χ0n) is 12.4. The second kappa shape index (κ2) is 8.31. The van der Waals surface area contributed by atoms with E-state index in [-0.39, 0.29) is 0 Å². The Hall–Kier alpha value is -1.02. The molecule has 0 spiro atoms. The Morgan fingerprint density at radius 3 is 2.45 bits per heavy atom. The molecule has 0 saturated carbocycles. The average Bonchev–Trinajstić information content (AvgIpc) is 2.92. The van der Waals surface area contributed by atoms with Gasteiger partial charge in [0.1, 0.15) is 0 Å². The van der Waals surface area contributed by atoms with Crippen LogP contribution in [0.1, 0.15) is 11.7 Å². The molecule has 0 aliphatic carbocycles. The van der Waals surface area contributed by atoms with Crippen molar-refractivity contribution in [2.24, 2.45) is 0 Å². The van der Waals surface area contributed by atoms with E-state index in [9.17, 15) is 0 Å². The maximum absolute atomic E-state index is 5.26. The van der Waals surface area contributed by atoms with Gasteiger partial charge >= 0.3 is 0 Å². The lowest BCUT2D eigenvalue weighted by Crippen LogP contribution is -2.46. The van der Waals surface area contributed by atoms with Gasteiger partial charge < -0.3 is 14.0 Å². The molecule has 0 aromatic carbocycles. The largest absolute Gasteiger partial charge is 0.384 e. The van der Waals surface area contributed by atoms with Gasteiger partial charge in [-0.15, -0.1) is 0 Å². The van der Waals surface area contributed by atoms with Crippen LogP contribution in [0.2, 0.25) is 0 Å². The number of ether oxygens (including phenoxy) is 2. The lowest BCUT2D eigenvalue weighted by atomic mass is 10.3. The molecule has 7 nitrogen and oxygen atoms in total. The van der Waals surface area contributed by atoms with Crippen LogP contribution in [0.15, 0.2) is 4.52 Å². The van der Waals surface area contributed by atoms with E-state index in [4.69, 9.17) is 14.0 Å². The van der Waals surface area contributed by atoms with E-state index in [1.807, 2.05) is 0 Å². The standard InChI is InChI=1S/C13H24N4O3/c1-18-9-3-12-14-13(20-15-12)11-17-6-4-16(5-7-17)8-10-19-2/h3-11H2,1-2H3. The van der Waals surface area contributed by atoms with Gasteiger partial charge in [-0.2, -0.15) is 4.98 Å². The first kappa shape index (κ1) is 15.4. The minimum Gasteiger partial charge on any atom is -0.384 e. The van der Waals surface area contributed by atoms with E-state index in [1.165, 1.54) is 0 Å². The fourth-order valence-electron chi connectivity index (χ4n) is 2.23. The molecule has 0 radical (unpaired) electrons. The summed E-state index contributed by atoms with van der Waals surface area (Å²) >= 11 is 0. The smallest absolute Gasteiger partial charge is 0.240 e. The van der Waals surface area contributed by atoms with E-state index in [0.717, 1.165) is 51.7 Å². The third-order valence-corrected chi connectivity index (χ3v) is 3.48. The average molecular weight is 284 g/mol. The molecule has 1 fully saturated rings. The van der Waals surface area contributed by atoms with Crippen molar-refractivity contribution in [2.75, 3.05) is 60.2 Å². The summed E-state index contributed by atoms with van der Waals surface area (Å²) in [5.41, 5.74) is 0. The highest BCUT2D eigenvalue weighted by Gasteiger charge is 2.18. The van der Waals surface area contributed by atoms with Crippen molar-refractivity contribution in [3.8, 4) is 0 Å². The fraction of sp³-hybridized carbons (Fsp3) is 0.846. The van der Waals surface area contributed by atoms with Gasteiger partial charge in [-0.3, -0.25) is 9.80 Å². The monoisotopic (exact) mass is 284 g/mol. The Labute approximate surface area is 119 Å². The minimum atomic E-state index is 0.622. The number of nitrogens with zero attached hydrogens (tertiary/aromatic N) is 4. The normalized spacial score (nSPS) is 17.7. The number of methoxy groups -OCH3 is 2. The maximum Gasteiger partial charge on any atom is 0.240 e. The van der Waals surface area contributed by atoms with Crippen molar-refractivity contribution in [1.29, 1.82) is 0 Å². The molecule has 1 aliphatic rings. The second-order valence-electron chi connectivity index (χ2n) is 4.96. The van der Waals surface area contributed by atoms with Gasteiger partial charge in [0.05, 0.1) is 19.8 Å². The molecule has 1 saturated heterocycles. The lowest BCUT2D eigenvalue weighted by Gasteiger charge is -2.33. The molecule has 2 heterocycles. The minimum absolute atomic E-state index is 0.622. The molecule has 0 bridgehead atoms. The van der Waals surface area contributed by atoms with Crippen LogP contribution in [-0.4, -0.2) is 80.1 Å². The van der Waals surface area contributed by atoms with Crippen molar-refractivity contribution < 1.29 is 14.0 Å². The van der Waals surface area contributed by atoms with Gasteiger partial charge in [0.15, 0.2) is 5.82 Å². The SMILES string of the molecule is COCCc1noc(CN2CCN(CCOC)CC2)n1. The Morgan fingerprint density at radius 1 is 1.05 bits per heavy atom. The van der Waals surface area contributed by atoms with E-state index in [0.29, 0.717) is 18.9 Å². The van der Waals surface area contributed by atoms with E-state index >= 15 is 0 Å². The molecule has 0 atom stereocenters. The molecule has 0 amide bonds. The molecule has 114 valence electrons. The van der Waals surface area contributed by atoms with Crippen LogP contribution in [0.3, 0.4) is 0 Å². The predicted octanol–water partition coefficient (Wildman–Crippen LogP) is 0.0225.